The highest BCUT2D eigenvalue weighted by Crippen LogP contribution is 2.30. The van der Waals surface area contributed by atoms with E-state index in [1.807, 2.05) is 13.0 Å². The molecule has 1 N–H and O–H groups in total. The number of benzene rings is 2. The molecule has 0 atom stereocenters. The minimum atomic E-state index is -3.33. The van der Waals surface area contributed by atoms with Gasteiger partial charge in [-0.15, -0.1) is 11.3 Å². The number of nitrogens with zero attached hydrogens (tertiary/aromatic N) is 3. The Morgan fingerprint density at radius 3 is 2.55 bits per heavy atom. The number of aryl methyl sites for hydroxylation is 1. The van der Waals surface area contributed by atoms with Crippen molar-refractivity contribution in [3.05, 3.63) is 65.0 Å². The van der Waals surface area contributed by atoms with Crippen molar-refractivity contribution in [2.75, 3.05) is 11.6 Å². The minimum Gasteiger partial charge on any atom is -0.318 e. The van der Waals surface area contributed by atoms with Gasteiger partial charge in [-0.1, -0.05) is 12.1 Å². The Bertz CT molecular complexity index is 1380. The van der Waals surface area contributed by atoms with Gasteiger partial charge in [-0.25, -0.2) is 22.8 Å². The summed E-state index contributed by atoms with van der Waals surface area (Å²) in [6.07, 6.45) is 1.13. The number of rotatable bonds is 6. The number of nitrogens with one attached hydrogen (secondary N) is 1. The van der Waals surface area contributed by atoms with Crippen molar-refractivity contribution >= 4 is 43.2 Å². The summed E-state index contributed by atoms with van der Waals surface area (Å²) in [6.45, 7) is 1.77. The number of carbonyl (C=O) groups is 1. The molecular formula is C21H19FN4O3S2. The monoisotopic (exact) mass is 458 g/mol. The second kappa shape index (κ2) is 8.20. The Hall–Kier alpha value is -3.11. The molecule has 0 unspecified atom stereocenters. The van der Waals surface area contributed by atoms with Gasteiger partial charge in [0.1, 0.15) is 23.9 Å². The van der Waals surface area contributed by atoms with Crippen LogP contribution in [-0.4, -0.2) is 35.1 Å². The summed E-state index contributed by atoms with van der Waals surface area (Å²) in [6, 6.07) is 13.2. The lowest BCUT2D eigenvalue weighted by molar-refractivity contribution is -0.116. The number of anilines is 1. The first-order chi connectivity index (χ1) is 14.7. The zero-order valence-electron chi connectivity index (χ0n) is 16.8. The molecule has 160 valence electrons. The number of imidazole rings is 1. The lowest BCUT2D eigenvalue weighted by Gasteiger charge is -2.08. The number of sulfone groups is 1. The number of amides is 1. The lowest BCUT2D eigenvalue weighted by Crippen LogP contribution is -2.21. The Morgan fingerprint density at radius 1 is 1.13 bits per heavy atom. The summed E-state index contributed by atoms with van der Waals surface area (Å²) in [5.74, 6) is -0.638. The summed E-state index contributed by atoms with van der Waals surface area (Å²) in [5, 5.41) is 3.19. The highest BCUT2D eigenvalue weighted by atomic mass is 32.2. The minimum absolute atomic E-state index is 0.101. The van der Waals surface area contributed by atoms with Crippen molar-refractivity contribution in [3.8, 4) is 11.3 Å². The molecule has 7 nitrogen and oxygen atoms in total. The maximum Gasteiger partial charge on any atom is 0.246 e. The number of para-hydroxylation sites is 2. The Kier molecular flexibility index (Phi) is 5.59. The van der Waals surface area contributed by atoms with Crippen LogP contribution >= 0.6 is 11.3 Å². The second-order valence-corrected chi connectivity index (χ2v) is 10.5. The summed E-state index contributed by atoms with van der Waals surface area (Å²) in [7, 11) is -3.33. The SMILES string of the molecule is Cc1sc(NC(=O)Cn2c(CS(C)(=O)=O)nc3ccccc32)nc1-c1ccc(F)cc1. The Labute approximate surface area is 182 Å². The number of thiazole rings is 1. The third-order valence-corrected chi connectivity index (χ3v) is 6.26. The van der Waals surface area contributed by atoms with E-state index in [4.69, 9.17) is 0 Å². The predicted octanol–water partition coefficient (Wildman–Crippen LogP) is 3.79. The lowest BCUT2D eigenvalue weighted by atomic mass is 10.1. The van der Waals surface area contributed by atoms with Gasteiger partial charge < -0.3 is 9.88 Å². The van der Waals surface area contributed by atoms with Gasteiger partial charge in [-0.2, -0.15) is 0 Å². The van der Waals surface area contributed by atoms with Crippen molar-refractivity contribution in [1.82, 2.24) is 14.5 Å². The van der Waals surface area contributed by atoms with Crippen LogP contribution in [0.2, 0.25) is 0 Å². The average molecular weight is 459 g/mol. The van der Waals surface area contributed by atoms with Crippen molar-refractivity contribution in [1.29, 1.82) is 0 Å². The van der Waals surface area contributed by atoms with Crippen LogP contribution in [0.4, 0.5) is 9.52 Å². The number of hydrogen-bond donors (Lipinski definition) is 1. The van der Waals surface area contributed by atoms with Gasteiger partial charge in [0, 0.05) is 16.7 Å². The fraction of sp³-hybridized carbons (Fsp3) is 0.190. The first-order valence-electron chi connectivity index (χ1n) is 9.35. The van der Waals surface area contributed by atoms with Gasteiger partial charge in [-0.05, 0) is 43.3 Å². The standard InChI is InChI=1S/C21H19FN4O3S2/c1-13-20(14-7-9-15(22)10-8-14)25-21(30-13)24-19(27)11-26-17-6-4-3-5-16(17)23-18(26)12-31(2,28)29/h3-10H,11-12H2,1-2H3,(H,24,25,27). The van der Waals surface area contributed by atoms with E-state index in [9.17, 15) is 17.6 Å². The highest BCUT2D eigenvalue weighted by molar-refractivity contribution is 7.89. The summed E-state index contributed by atoms with van der Waals surface area (Å²) in [5.41, 5.74) is 2.73. The van der Waals surface area contributed by atoms with Crippen LogP contribution in [0.1, 0.15) is 10.7 Å². The number of aromatic nitrogens is 3. The molecule has 4 rings (SSSR count). The number of hydrogen-bond acceptors (Lipinski definition) is 6. The van der Waals surface area contributed by atoms with Crippen molar-refractivity contribution < 1.29 is 17.6 Å². The molecule has 0 spiro atoms. The molecule has 4 aromatic rings. The average Bonchev–Trinajstić information content (AvgIpc) is 3.21. The van der Waals surface area contributed by atoms with E-state index in [1.165, 1.54) is 23.5 Å². The van der Waals surface area contributed by atoms with Crippen molar-refractivity contribution in [3.63, 3.8) is 0 Å². The Balaban J connectivity index is 1.58. The molecule has 2 aromatic heterocycles. The van der Waals surface area contributed by atoms with Crippen molar-refractivity contribution in [2.24, 2.45) is 0 Å². The van der Waals surface area contributed by atoms with E-state index in [0.717, 1.165) is 16.7 Å². The molecule has 0 radical (unpaired) electrons. The molecule has 2 aromatic carbocycles. The number of halogens is 1. The molecule has 0 bridgehead atoms. The Morgan fingerprint density at radius 2 is 1.84 bits per heavy atom. The molecule has 0 aliphatic heterocycles. The molecule has 0 saturated heterocycles. The van der Waals surface area contributed by atoms with Crippen LogP contribution in [0.3, 0.4) is 0 Å². The first kappa shape index (κ1) is 21.1. The molecule has 0 fully saturated rings. The topological polar surface area (TPSA) is 94.0 Å². The summed E-state index contributed by atoms with van der Waals surface area (Å²) in [4.78, 5) is 22.5. The predicted molar refractivity (Wildman–Crippen MR) is 119 cm³/mol. The maximum atomic E-state index is 13.2. The van der Waals surface area contributed by atoms with Gasteiger partial charge >= 0.3 is 0 Å². The maximum absolute atomic E-state index is 13.2. The van der Waals surface area contributed by atoms with E-state index in [0.29, 0.717) is 27.7 Å². The third kappa shape index (κ3) is 4.80. The van der Waals surface area contributed by atoms with E-state index in [2.05, 4.69) is 15.3 Å². The molecule has 0 aliphatic rings. The molecule has 0 aliphatic carbocycles. The van der Waals surface area contributed by atoms with E-state index in [-0.39, 0.29) is 24.0 Å². The molecule has 10 heteroatoms. The fourth-order valence-corrected chi connectivity index (χ4v) is 4.82. The van der Waals surface area contributed by atoms with Gasteiger partial charge in [0.05, 0.1) is 16.7 Å². The number of fused-ring (bicyclic) bond motifs is 1. The largest absolute Gasteiger partial charge is 0.318 e. The van der Waals surface area contributed by atoms with Gasteiger partial charge in [0.2, 0.25) is 5.91 Å². The van der Waals surface area contributed by atoms with Crippen LogP contribution in [0.5, 0.6) is 0 Å². The highest BCUT2D eigenvalue weighted by Gasteiger charge is 2.18. The fourth-order valence-electron chi connectivity index (χ4n) is 3.27. The first-order valence-corrected chi connectivity index (χ1v) is 12.2. The summed E-state index contributed by atoms with van der Waals surface area (Å²) >= 11 is 1.31. The van der Waals surface area contributed by atoms with E-state index in [1.54, 1.807) is 34.9 Å². The van der Waals surface area contributed by atoms with Crippen LogP contribution in [0, 0.1) is 12.7 Å². The van der Waals surface area contributed by atoms with E-state index < -0.39 is 9.84 Å². The van der Waals surface area contributed by atoms with Gasteiger partial charge in [0.15, 0.2) is 15.0 Å². The second-order valence-electron chi connectivity index (χ2n) is 7.15. The smallest absolute Gasteiger partial charge is 0.246 e. The molecule has 2 heterocycles. The summed E-state index contributed by atoms with van der Waals surface area (Å²) < 4.78 is 38.4. The molecule has 0 saturated carbocycles. The van der Waals surface area contributed by atoms with Crippen LogP contribution in [0.25, 0.3) is 22.3 Å². The molecule has 1 amide bonds. The van der Waals surface area contributed by atoms with E-state index >= 15 is 0 Å². The van der Waals surface area contributed by atoms with Gasteiger partial charge in [0.25, 0.3) is 0 Å². The van der Waals surface area contributed by atoms with Crippen molar-refractivity contribution in [2.45, 2.75) is 19.2 Å². The third-order valence-electron chi connectivity index (χ3n) is 4.59. The zero-order chi connectivity index (χ0) is 22.2. The van der Waals surface area contributed by atoms with Gasteiger partial charge in [-0.3, -0.25) is 4.79 Å². The quantitative estimate of drug-likeness (QED) is 0.474. The molecular weight excluding hydrogens is 439 g/mol. The van der Waals surface area contributed by atoms with Crippen LogP contribution < -0.4 is 5.32 Å². The molecule has 31 heavy (non-hydrogen) atoms. The zero-order valence-corrected chi connectivity index (χ0v) is 18.4. The number of carbonyl (C=O) groups excluding carboxylic acids is 1. The normalized spacial score (nSPS) is 11.7. The van der Waals surface area contributed by atoms with Crippen LogP contribution in [0.15, 0.2) is 48.5 Å². The van der Waals surface area contributed by atoms with Crippen LogP contribution in [-0.2, 0) is 26.9 Å².